The summed E-state index contributed by atoms with van der Waals surface area (Å²) in [7, 11) is 0. The van der Waals surface area contributed by atoms with Gasteiger partial charge < -0.3 is 4.74 Å². The molecule has 0 fully saturated rings. The van der Waals surface area contributed by atoms with Crippen LogP contribution in [0.1, 0.15) is 39.7 Å². The van der Waals surface area contributed by atoms with E-state index in [1.54, 1.807) is 6.20 Å². The number of pyridine rings is 2. The molecule has 3 rings (SSSR count). The first-order chi connectivity index (χ1) is 12.7. The van der Waals surface area contributed by atoms with Crippen LogP contribution in [0.2, 0.25) is 5.02 Å². The molecule has 0 aliphatic heterocycles. The standard InChI is InChI=1S/C23H27ClN2O/c1-15(2)12-23(4,5)14-27-22-13-26-21(10-16(22)3)18-8-9-25-20-7-6-17(24)11-19(18)20/h6-11,13,15H,12,14H2,1-5H3. The Morgan fingerprint density at radius 1 is 1.11 bits per heavy atom. The smallest absolute Gasteiger partial charge is 0.140 e. The van der Waals surface area contributed by atoms with Crippen LogP contribution in [0.4, 0.5) is 0 Å². The van der Waals surface area contributed by atoms with Gasteiger partial charge in [0.2, 0.25) is 0 Å². The molecule has 0 saturated heterocycles. The van der Waals surface area contributed by atoms with E-state index in [4.69, 9.17) is 16.3 Å². The summed E-state index contributed by atoms with van der Waals surface area (Å²) in [5.41, 5.74) is 4.05. The molecule has 0 spiro atoms. The minimum Gasteiger partial charge on any atom is -0.491 e. The van der Waals surface area contributed by atoms with Gasteiger partial charge in [0.05, 0.1) is 24.0 Å². The SMILES string of the molecule is Cc1cc(-c2ccnc3ccc(Cl)cc23)ncc1OCC(C)(C)CC(C)C. The van der Waals surface area contributed by atoms with E-state index in [1.165, 1.54) is 0 Å². The molecule has 4 heteroatoms. The van der Waals surface area contributed by atoms with E-state index in [1.807, 2.05) is 30.5 Å². The van der Waals surface area contributed by atoms with E-state index in [2.05, 4.69) is 50.7 Å². The van der Waals surface area contributed by atoms with Gasteiger partial charge in [-0.3, -0.25) is 9.97 Å². The minimum absolute atomic E-state index is 0.136. The van der Waals surface area contributed by atoms with Crippen molar-refractivity contribution in [2.24, 2.45) is 11.3 Å². The lowest BCUT2D eigenvalue weighted by Gasteiger charge is -2.27. The molecule has 3 nitrogen and oxygen atoms in total. The molecule has 0 unspecified atom stereocenters. The molecular formula is C23H27ClN2O. The second-order valence-electron chi connectivity index (χ2n) is 8.41. The Morgan fingerprint density at radius 3 is 2.59 bits per heavy atom. The lowest BCUT2D eigenvalue weighted by Crippen LogP contribution is -2.23. The molecule has 0 N–H and O–H groups in total. The number of fused-ring (bicyclic) bond motifs is 1. The Morgan fingerprint density at radius 2 is 1.89 bits per heavy atom. The van der Waals surface area contributed by atoms with Gasteiger partial charge in [-0.05, 0) is 60.6 Å². The van der Waals surface area contributed by atoms with E-state index in [-0.39, 0.29) is 5.41 Å². The number of aryl methyl sites for hydroxylation is 1. The van der Waals surface area contributed by atoms with Gasteiger partial charge in [0.1, 0.15) is 5.75 Å². The summed E-state index contributed by atoms with van der Waals surface area (Å²) >= 11 is 6.19. The van der Waals surface area contributed by atoms with Crippen molar-refractivity contribution in [1.82, 2.24) is 9.97 Å². The molecular weight excluding hydrogens is 356 g/mol. The van der Waals surface area contributed by atoms with Gasteiger partial charge in [0.15, 0.2) is 0 Å². The highest BCUT2D eigenvalue weighted by atomic mass is 35.5. The quantitative estimate of drug-likeness (QED) is 0.475. The predicted octanol–water partition coefficient (Wildman–Crippen LogP) is 6.71. The average molecular weight is 383 g/mol. The van der Waals surface area contributed by atoms with Crippen molar-refractivity contribution in [2.45, 2.75) is 41.0 Å². The number of ether oxygens (including phenoxy) is 1. The first-order valence-electron chi connectivity index (χ1n) is 9.39. The summed E-state index contributed by atoms with van der Waals surface area (Å²) in [6.45, 7) is 11.7. The fourth-order valence-corrected chi connectivity index (χ4v) is 3.79. The summed E-state index contributed by atoms with van der Waals surface area (Å²) in [5, 5.41) is 1.70. The zero-order valence-corrected chi connectivity index (χ0v) is 17.5. The van der Waals surface area contributed by atoms with Crippen LogP contribution in [0.3, 0.4) is 0 Å². The van der Waals surface area contributed by atoms with Gasteiger partial charge in [-0.2, -0.15) is 0 Å². The van der Waals surface area contributed by atoms with Crippen molar-refractivity contribution in [1.29, 1.82) is 0 Å². The highest BCUT2D eigenvalue weighted by Gasteiger charge is 2.21. The van der Waals surface area contributed by atoms with Crippen LogP contribution in [0.15, 0.2) is 42.7 Å². The van der Waals surface area contributed by atoms with Crippen molar-refractivity contribution in [3.8, 4) is 17.0 Å². The number of aromatic nitrogens is 2. The molecule has 2 heterocycles. The van der Waals surface area contributed by atoms with Crippen molar-refractivity contribution in [3.05, 3.63) is 53.3 Å². The molecule has 0 aliphatic carbocycles. The fourth-order valence-electron chi connectivity index (χ4n) is 3.62. The first-order valence-corrected chi connectivity index (χ1v) is 9.77. The second kappa shape index (κ2) is 7.85. The highest BCUT2D eigenvalue weighted by molar-refractivity contribution is 6.31. The maximum Gasteiger partial charge on any atom is 0.140 e. The molecule has 142 valence electrons. The lowest BCUT2D eigenvalue weighted by atomic mass is 9.85. The Labute approximate surface area is 166 Å². The topological polar surface area (TPSA) is 35.0 Å². The number of halogens is 1. The van der Waals surface area contributed by atoms with Gasteiger partial charge in [-0.25, -0.2) is 0 Å². The highest BCUT2D eigenvalue weighted by Crippen LogP contribution is 2.32. The van der Waals surface area contributed by atoms with Crippen LogP contribution < -0.4 is 4.74 Å². The number of hydrogen-bond donors (Lipinski definition) is 0. The van der Waals surface area contributed by atoms with Crippen molar-refractivity contribution in [3.63, 3.8) is 0 Å². The molecule has 1 aromatic carbocycles. The number of benzene rings is 1. The van der Waals surface area contributed by atoms with E-state index in [0.717, 1.165) is 39.9 Å². The molecule has 2 aromatic heterocycles. The number of hydrogen-bond acceptors (Lipinski definition) is 3. The van der Waals surface area contributed by atoms with Crippen molar-refractivity contribution < 1.29 is 4.74 Å². The molecule has 27 heavy (non-hydrogen) atoms. The summed E-state index contributed by atoms with van der Waals surface area (Å²) in [6.07, 6.45) is 4.76. The Kier molecular flexibility index (Phi) is 5.71. The average Bonchev–Trinajstić information content (AvgIpc) is 2.59. The summed E-state index contributed by atoms with van der Waals surface area (Å²) in [5.74, 6) is 1.49. The van der Waals surface area contributed by atoms with E-state index < -0.39 is 0 Å². The van der Waals surface area contributed by atoms with Crippen LogP contribution in [-0.2, 0) is 0 Å². The van der Waals surface area contributed by atoms with Crippen LogP contribution in [-0.4, -0.2) is 16.6 Å². The van der Waals surface area contributed by atoms with E-state index in [9.17, 15) is 0 Å². The minimum atomic E-state index is 0.136. The fraction of sp³-hybridized carbons (Fsp3) is 0.391. The summed E-state index contributed by atoms with van der Waals surface area (Å²) in [6, 6.07) is 9.78. The van der Waals surface area contributed by atoms with Crippen LogP contribution >= 0.6 is 11.6 Å². The van der Waals surface area contributed by atoms with Crippen LogP contribution in [0, 0.1) is 18.3 Å². The maximum atomic E-state index is 6.19. The number of nitrogens with zero attached hydrogens (tertiary/aromatic N) is 2. The van der Waals surface area contributed by atoms with Gasteiger partial charge in [-0.15, -0.1) is 0 Å². The third-order valence-electron chi connectivity index (χ3n) is 4.62. The molecule has 0 atom stereocenters. The van der Waals surface area contributed by atoms with Gasteiger partial charge in [0, 0.05) is 22.2 Å². The molecule has 3 aromatic rings. The van der Waals surface area contributed by atoms with E-state index >= 15 is 0 Å². The zero-order valence-electron chi connectivity index (χ0n) is 16.7. The summed E-state index contributed by atoms with van der Waals surface area (Å²) in [4.78, 5) is 9.07. The Balaban J connectivity index is 1.87. The van der Waals surface area contributed by atoms with Crippen molar-refractivity contribution >= 4 is 22.5 Å². The maximum absolute atomic E-state index is 6.19. The van der Waals surface area contributed by atoms with Crippen molar-refractivity contribution in [2.75, 3.05) is 6.61 Å². The molecule has 0 bridgehead atoms. The number of rotatable bonds is 6. The van der Waals surface area contributed by atoms with Gasteiger partial charge in [-0.1, -0.05) is 39.3 Å². The third-order valence-corrected chi connectivity index (χ3v) is 4.86. The normalized spacial score (nSPS) is 12.0. The van der Waals surface area contributed by atoms with Gasteiger partial charge >= 0.3 is 0 Å². The third kappa shape index (κ3) is 4.78. The largest absolute Gasteiger partial charge is 0.491 e. The Hall–Kier alpha value is -2.13. The zero-order chi connectivity index (χ0) is 19.6. The first kappa shape index (κ1) is 19.6. The molecule has 0 saturated carbocycles. The Bertz CT molecular complexity index is 950. The van der Waals surface area contributed by atoms with Crippen LogP contribution in [0.5, 0.6) is 5.75 Å². The van der Waals surface area contributed by atoms with E-state index in [0.29, 0.717) is 17.5 Å². The summed E-state index contributed by atoms with van der Waals surface area (Å²) < 4.78 is 6.10. The van der Waals surface area contributed by atoms with Gasteiger partial charge in [0.25, 0.3) is 0 Å². The molecule has 0 amide bonds. The van der Waals surface area contributed by atoms with Crippen LogP contribution in [0.25, 0.3) is 22.2 Å². The predicted molar refractivity (Wildman–Crippen MR) is 113 cm³/mol. The monoisotopic (exact) mass is 382 g/mol. The molecule has 0 radical (unpaired) electrons. The second-order valence-corrected chi connectivity index (χ2v) is 8.84. The molecule has 0 aliphatic rings. The lowest BCUT2D eigenvalue weighted by molar-refractivity contribution is 0.153.